The number of imidazole rings is 1. The van der Waals surface area contributed by atoms with E-state index in [1.54, 1.807) is 6.92 Å². The van der Waals surface area contributed by atoms with Crippen LogP contribution in [0.5, 0.6) is 0 Å². The van der Waals surface area contributed by atoms with Crippen LogP contribution in [0.25, 0.3) is 5.70 Å². The van der Waals surface area contributed by atoms with Crippen molar-refractivity contribution in [1.82, 2.24) is 14.5 Å². The molecule has 28 heavy (non-hydrogen) atoms. The van der Waals surface area contributed by atoms with Gasteiger partial charge in [-0.1, -0.05) is 24.0 Å². The van der Waals surface area contributed by atoms with Crippen LogP contribution in [0.2, 0.25) is 0 Å². The number of aryl methyl sites for hydroxylation is 1. The molecular formula is C17H19F3N6OS. The normalized spacial score (nSPS) is 13.5. The van der Waals surface area contributed by atoms with Crippen molar-refractivity contribution in [3.63, 3.8) is 0 Å². The Labute approximate surface area is 163 Å². The van der Waals surface area contributed by atoms with Crippen molar-refractivity contribution in [1.29, 1.82) is 0 Å². The molecule has 150 valence electrons. The van der Waals surface area contributed by atoms with Crippen LogP contribution in [0.3, 0.4) is 0 Å². The van der Waals surface area contributed by atoms with E-state index in [1.165, 1.54) is 35.4 Å². The minimum Gasteiger partial charge on any atom is -0.386 e. The highest BCUT2D eigenvalue weighted by Crippen LogP contribution is 2.39. The number of carbonyl (C=O) groups is 1. The number of rotatable bonds is 5. The van der Waals surface area contributed by atoms with E-state index in [0.717, 1.165) is 25.2 Å². The molecule has 7 nitrogen and oxygen atoms in total. The number of amidine groups is 1. The van der Waals surface area contributed by atoms with E-state index in [0.29, 0.717) is 10.6 Å². The number of thiazole rings is 1. The highest BCUT2D eigenvalue weighted by atomic mass is 32.1. The number of carbonyl (C=O) groups excluding carboxylic acids is 1. The molecule has 0 bridgehead atoms. The van der Waals surface area contributed by atoms with Crippen molar-refractivity contribution in [3.8, 4) is 0 Å². The molecule has 2 heterocycles. The van der Waals surface area contributed by atoms with Crippen LogP contribution in [-0.4, -0.2) is 32.6 Å². The lowest BCUT2D eigenvalue weighted by molar-refractivity contribution is -0.186. The zero-order valence-electron chi connectivity index (χ0n) is 15.4. The van der Waals surface area contributed by atoms with Crippen molar-refractivity contribution in [2.75, 3.05) is 5.32 Å². The van der Waals surface area contributed by atoms with Gasteiger partial charge in [-0.2, -0.15) is 13.2 Å². The first kappa shape index (κ1) is 21.4. The predicted octanol–water partition coefficient (Wildman–Crippen LogP) is 4.20. The van der Waals surface area contributed by atoms with Crippen LogP contribution in [0.4, 0.5) is 23.1 Å². The fourth-order valence-electron chi connectivity index (χ4n) is 1.91. The number of hydrogen-bond acceptors (Lipinski definition) is 5. The average Bonchev–Trinajstić information content (AvgIpc) is 3.23. The fraction of sp³-hybridized carbons (Fsp3) is 0.294. The number of nitrogens with one attached hydrogen (secondary N) is 1. The third-order valence-electron chi connectivity index (χ3n) is 3.85. The van der Waals surface area contributed by atoms with Crippen molar-refractivity contribution in [3.05, 3.63) is 48.0 Å². The highest BCUT2D eigenvalue weighted by Gasteiger charge is 2.50. The second kappa shape index (κ2) is 7.97. The lowest BCUT2D eigenvalue weighted by atomic mass is 9.91. The standard InChI is InChI=1S/C17H19F3N6OS/c1-5-6-11(24-13(21)16(3,4)17(18,19)20)12-10(2)23-14(28-12)25-15(27)26-8-7-22-9-26/h5-9H,1H2,2-4H3,(H2,21,24)(H,23,25,27)/b11-6-. The molecule has 0 saturated carbocycles. The molecule has 1 amide bonds. The lowest BCUT2D eigenvalue weighted by Gasteiger charge is -2.27. The Balaban J connectivity index is 2.36. The molecule has 0 radical (unpaired) electrons. The average molecular weight is 412 g/mol. The second-order valence-corrected chi connectivity index (χ2v) is 7.24. The minimum atomic E-state index is -4.56. The maximum Gasteiger partial charge on any atom is 0.400 e. The zero-order chi connectivity index (χ0) is 21.1. The van der Waals surface area contributed by atoms with Gasteiger partial charge in [0.15, 0.2) is 5.13 Å². The van der Waals surface area contributed by atoms with E-state index >= 15 is 0 Å². The Morgan fingerprint density at radius 3 is 2.64 bits per heavy atom. The van der Waals surface area contributed by atoms with Crippen molar-refractivity contribution in [2.45, 2.75) is 26.9 Å². The SMILES string of the molecule is C=C/C=C(\N=C(/N)C(C)(C)C(F)(F)F)c1sc(NC(=O)n2ccnc2)nc1C. The van der Waals surface area contributed by atoms with Gasteiger partial charge in [0.25, 0.3) is 0 Å². The maximum atomic E-state index is 13.2. The molecule has 2 aromatic heterocycles. The molecule has 0 spiro atoms. The van der Waals surface area contributed by atoms with Gasteiger partial charge in [-0.05, 0) is 26.8 Å². The lowest BCUT2D eigenvalue weighted by Crippen LogP contribution is -2.44. The van der Waals surface area contributed by atoms with Crippen LogP contribution < -0.4 is 11.1 Å². The summed E-state index contributed by atoms with van der Waals surface area (Å²) in [5, 5.41) is 2.84. The van der Waals surface area contributed by atoms with Gasteiger partial charge in [0.05, 0.1) is 16.3 Å². The van der Waals surface area contributed by atoms with E-state index in [-0.39, 0.29) is 10.8 Å². The number of aliphatic imine (C=N–C) groups is 1. The topological polar surface area (TPSA) is 98.2 Å². The molecule has 0 atom stereocenters. The van der Waals surface area contributed by atoms with Gasteiger partial charge in [-0.25, -0.2) is 19.8 Å². The van der Waals surface area contributed by atoms with E-state index < -0.39 is 23.5 Å². The first-order chi connectivity index (χ1) is 13.0. The Bertz CT molecular complexity index is 925. The van der Waals surface area contributed by atoms with E-state index in [4.69, 9.17) is 5.73 Å². The highest BCUT2D eigenvalue weighted by molar-refractivity contribution is 7.17. The van der Waals surface area contributed by atoms with Crippen LogP contribution in [0.1, 0.15) is 24.4 Å². The summed E-state index contributed by atoms with van der Waals surface area (Å²) in [6, 6.07) is -0.478. The molecule has 0 aliphatic carbocycles. The number of anilines is 1. The molecule has 2 aromatic rings. The summed E-state index contributed by atoms with van der Waals surface area (Å²) >= 11 is 1.06. The molecule has 11 heteroatoms. The number of nitrogens with zero attached hydrogens (tertiary/aromatic N) is 4. The summed E-state index contributed by atoms with van der Waals surface area (Å²) in [4.78, 5) is 24.5. The van der Waals surface area contributed by atoms with Crippen molar-refractivity contribution >= 4 is 34.0 Å². The van der Waals surface area contributed by atoms with Crippen LogP contribution >= 0.6 is 11.3 Å². The molecule has 2 rings (SSSR count). The minimum absolute atomic E-state index is 0.169. The van der Waals surface area contributed by atoms with Gasteiger partial charge in [0, 0.05) is 12.4 Å². The molecule has 0 saturated heterocycles. The van der Waals surface area contributed by atoms with E-state index in [9.17, 15) is 18.0 Å². The summed E-state index contributed by atoms with van der Waals surface area (Å²) in [6.07, 6.45) is 2.49. The molecule has 0 unspecified atom stereocenters. The van der Waals surface area contributed by atoms with Gasteiger partial charge < -0.3 is 5.73 Å². The largest absolute Gasteiger partial charge is 0.400 e. The van der Waals surface area contributed by atoms with E-state index in [2.05, 4.69) is 26.9 Å². The first-order valence-corrected chi connectivity index (χ1v) is 8.80. The molecule has 0 fully saturated rings. The van der Waals surface area contributed by atoms with Gasteiger partial charge in [-0.15, -0.1) is 0 Å². The van der Waals surface area contributed by atoms with Crippen molar-refractivity contribution in [2.24, 2.45) is 16.1 Å². The number of hydrogen-bond donors (Lipinski definition) is 2. The second-order valence-electron chi connectivity index (χ2n) is 6.24. The van der Waals surface area contributed by atoms with E-state index in [1.807, 2.05) is 0 Å². The Kier molecular flexibility index (Phi) is 6.07. The quantitative estimate of drug-likeness (QED) is 0.437. The summed E-state index contributed by atoms with van der Waals surface area (Å²) in [7, 11) is 0. The van der Waals surface area contributed by atoms with Crippen LogP contribution in [-0.2, 0) is 0 Å². The number of aromatic nitrogens is 3. The molecular weight excluding hydrogens is 393 g/mol. The van der Waals surface area contributed by atoms with Gasteiger partial charge in [-0.3, -0.25) is 9.88 Å². The summed E-state index contributed by atoms with van der Waals surface area (Å²) in [6.45, 7) is 7.11. The predicted molar refractivity (Wildman–Crippen MR) is 103 cm³/mol. The number of alkyl halides is 3. The maximum absolute atomic E-state index is 13.2. The summed E-state index contributed by atoms with van der Waals surface area (Å²) in [5.41, 5.74) is 3.99. The fourth-order valence-corrected chi connectivity index (χ4v) is 2.84. The molecule has 3 N–H and O–H groups in total. The number of amides is 1. The molecule has 0 aliphatic rings. The smallest absolute Gasteiger partial charge is 0.386 e. The number of nitrogens with two attached hydrogens (primary N) is 1. The van der Waals surface area contributed by atoms with Gasteiger partial charge in [0.2, 0.25) is 0 Å². The monoisotopic (exact) mass is 412 g/mol. The summed E-state index contributed by atoms with van der Waals surface area (Å²) < 4.78 is 40.9. The first-order valence-electron chi connectivity index (χ1n) is 7.98. The Morgan fingerprint density at radius 1 is 1.43 bits per heavy atom. The summed E-state index contributed by atoms with van der Waals surface area (Å²) in [5.74, 6) is -0.593. The van der Waals surface area contributed by atoms with Crippen LogP contribution in [0.15, 0.2) is 42.4 Å². The number of halogens is 3. The van der Waals surface area contributed by atoms with Crippen LogP contribution in [0, 0.1) is 12.3 Å². The third-order valence-corrected chi connectivity index (χ3v) is 4.94. The third kappa shape index (κ3) is 4.47. The Hall–Kier alpha value is -2.95. The zero-order valence-corrected chi connectivity index (χ0v) is 16.2. The molecule has 0 aliphatic heterocycles. The Morgan fingerprint density at radius 2 is 2.11 bits per heavy atom. The van der Waals surface area contributed by atoms with Gasteiger partial charge >= 0.3 is 12.2 Å². The van der Waals surface area contributed by atoms with Gasteiger partial charge in [0.1, 0.15) is 17.6 Å². The van der Waals surface area contributed by atoms with Crippen molar-refractivity contribution < 1.29 is 18.0 Å². The number of allylic oxidation sites excluding steroid dienone is 2. The molecule has 0 aromatic carbocycles.